The van der Waals surface area contributed by atoms with Crippen molar-refractivity contribution in [3.8, 4) is 10.4 Å². The van der Waals surface area contributed by atoms with E-state index >= 15 is 0 Å². The number of hydrogen-bond acceptors (Lipinski definition) is 8. The number of carbonyl (C=O) groups excluding carboxylic acids is 3. The number of amides is 2. The van der Waals surface area contributed by atoms with Gasteiger partial charge in [-0.05, 0) is 44.8 Å². The maximum Gasteiger partial charge on any atom is 0.408 e. The Morgan fingerprint density at radius 1 is 1.19 bits per heavy atom. The number of rotatable bonds is 9. The number of hydrogen-bond donors (Lipinski definition) is 2. The number of thioether (sulfide) groups is 1. The molecular formula is C22H29N3O5S2. The van der Waals surface area contributed by atoms with Crippen LogP contribution in [0.2, 0.25) is 0 Å². The first kappa shape index (κ1) is 25.7. The molecular weight excluding hydrogens is 450 g/mol. The van der Waals surface area contributed by atoms with Crippen LogP contribution in [0.5, 0.6) is 0 Å². The maximum atomic E-state index is 13.1. The highest BCUT2D eigenvalue weighted by Gasteiger charge is 2.26. The molecule has 1 aromatic heterocycles. The van der Waals surface area contributed by atoms with Gasteiger partial charge in [0.15, 0.2) is 0 Å². The molecule has 0 unspecified atom stereocenters. The second-order valence-electron chi connectivity index (χ2n) is 7.84. The number of esters is 1. The first-order valence-corrected chi connectivity index (χ1v) is 12.2. The fourth-order valence-corrected chi connectivity index (χ4v) is 4.17. The molecule has 2 amide bonds. The molecule has 174 valence electrons. The van der Waals surface area contributed by atoms with Gasteiger partial charge in [-0.2, -0.15) is 11.8 Å². The summed E-state index contributed by atoms with van der Waals surface area (Å²) in [6.07, 6.45) is 1.80. The minimum Gasteiger partial charge on any atom is -0.467 e. The lowest BCUT2D eigenvalue weighted by Gasteiger charge is -2.19. The smallest absolute Gasteiger partial charge is 0.408 e. The fourth-order valence-electron chi connectivity index (χ4n) is 2.69. The number of aromatic nitrogens is 1. The normalized spacial score (nSPS) is 12.0. The summed E-state index contributed by atoms with van der Waals surface area (Å²) >= 11 is 2.87. The van der Waals surface area contributed by atoms with Gasteiger partial charge >= 0.3 is 12.1 Å². The number of carbonyl (C=O) groups is 3. The van der Waals surface area contributed by atoms with Crippen molar-refractivity contribution in [2.24, 2.45) is 0 Å². The zero-order valence-electron chi connectivity index (χ0n) is 18.9. The van der Waals surface area contributed by atoms with E-state index in [1.165, 1.54) is 18.4 Å². The van der Waals surface area contributed by atoms with Crippen LogP contribution in [0.1, 0.15) is 42.7 Å². The lowest BCUT2D eigenvalue weighted by atomic mass is 10.1. The van der Waals surface area contributed by atoms with Crippen molar-refractivity contribution in [1.82, 2.24) is 15.6 Å². The van der Waals surface area contributed by atoms with Gasteiger partial charge in [-0.25, -0.2) is 14.6 Å². The van der Waals surface area contributed by atoms with Crippen molar-refractivity contribution in [2.45, 2.75) is 45.4 Å². The first-order valence-electron chi connectivity index (χ1n) is 10.0. The topological polar surface area (TPSA) is 107 Å². The number of thiazole rings is 1. The fraction of sp³-hybridized carbons (Fsp3) is 0.455. The van der Waals surface area contributed by atoms with Gasteiger partial charge < -0.3 is 20.1 Å². The molecule has 2 aromatic rings. The molecule has 1 atom stereocenters. The number of nitrogens with zero attached hydrogens (tertiary/aromatic N) is 1. The summed E-state index contributed by atoms with van der Waals surface area (Å²) in [4.78, 5) is 42.3. The third-order valence-electron chi connectivity index (χ3n) is 4.11. The van der Waals surface area contributed by atoms with Crippen molar-refractivity contribution in [3.05, 3.63) is 41.0 Å². The molecule has 1 heterocycles. The Morgan fingerprint density at radius 3 is 2.47 bits per heavy atom. The monoisotopic (exact) mass is 479 g/mol. The molecule has 0 saturated carbocycles. The second kappa shape index (κ2) is 11.9. The maximum absolute atomic E-state index is 13.1. The minimum absolute atomic E-state index is 0.111. The highest BCUT2D eigenvalue weighted by molar-refractivity contribution is 7.98. The highest BCUT2D eigenvalue weighted by Crippen LogP contribution is 2.30. The van der Waals surface area contributed by atoms with E-state index in [1.807, 2.05) is 36.6 Å². The van der Waals surface area contributed by atoms with E-state index in [0.29, 0.717) is 22.1 Å². The molecule has 0 radical (unpaired) electrons. The Kier molecular flexibility index (Phi) is 9.52. The second-order valence-corrected chi connectivity index (χ2v) is 9.91. The van der Waals surface area contributed by atoms with Gasteiger partial charge in [0, 0.05) is 0 Å². The van der Waals surface area contributed by atoms with E-state index in [2.05, 4.69) is 15.6 Å². The Balaban J connectivity index is 2.26. The van der Waals surface area contributed by atoms with E-state index in [0.717, 1.165) is 5.56 Å². The quantitative estimate of drug-likeness (QED) is 0.526. The number of alkyl carbamates (subject to hydrolysis) is 1. The van der Waals surface area contributed by atoms with Gasteiger partial charge in [0.25, 0.3) is 5.91 Å². The third kappa shape index (κ3) is 7.83. The van der Waals surface area contributed by atoms with E-state index in [4.69, 9.17) is 9.47 Å². The van der Waals surface area contributed by atoms with Crippen molar-refractivity contribution in [2.75, 3.05) is 19.1 Å². The van der Waals surface area contributed by atoms with Crippen LogP contribution in [0.3, 0.4) is 0 Å². The Labute approximate surface area is 196 Å². The van der Waals surface area contributed by atoms with E-state index < -0.39 is 29.6 Å². The molecule has 0 aliphatic rings. The molecule has 0 fully saturated rings. The summed E-state index contributed by atoms with van der Waals surface area (Å²) in [6, 6.07) is 8.59. The molecule has 2 rings (SSSR count). The van der Waals surface area contributed by atoms with Crippen LogP contribution >= 0.6 is 23.1 Å². The van der Waals surface area contributed by atoms with Crippen LogP contribution in [-0.2, 0) is 20.8 Å². The average molecular weight is 480 g/mol. The molecule has 10 heteroatoms. The lowest BCUT2D eigenvalue weighted by Crippen LogP contribution is -2.42. The number of methoxy groups -OCH3 is 1. The summed E-state index contributed by atoms with van der Waals surface area (Å²) < 4.78 is 10.1. The lowest BCUT2D eigenvalue weighted by molar-refractivity contribution is -0.142. The van der Waals surface area contributed by atoms with Crippen LogP contribution in [0.15, 0.2) is 30.3 Å². The standard InChI is InChI=1S/C22H29N3O5S2/c1-22(2,3)30-21(28)23-13-16-25-17(18(32-16)14-9-7-6-8-10-14)19(26)24-15(11-12-31-5)20(27)29-4/h6-10,15H,11-13H2,1-5H3,(H,23,28)(H,24,26)/t15-/m0/s1. The molecule has 1 aromatic carbocycles. The van der Waals surface area contributed by atoms with Gasteiger partial charge in [-0.15, -0.1) is 11.3 Å². The SMILES string of the molecule is COC(=O)[C@H](CCSC)NC(=O)c1nc(CNC(=O)OC(C)(C)C)sc1-c1ccccc1. The highest BCUT2D eigenvalue weighted by atomic mass is 32.2. The van der Waals surface area contributed by atoms with E-state index in [-0.39, 0.29) is 12.2 Å². The molecule has 0 saturated heterocycles. The van der Waals surface area contributed by atoms with Crippen LogP contribution in [-0.4, -0.2) is 53.7 Å². The van der Waals surface area contributed by atoms with Crippen molar-refractivity contribution in [1.29, 1.82) is 0 Å². The van der Waals surface area contributed by atoms with Crippen LogP contribution in [0.4, 0.5) is 4.79 Å². The summed E-state index contributed by atoms with van der Waals surface area (Å²) in [5, 5.41) is 5.94. The number of benzene rings is 1. The molecule has 8 nitrogen and oxygen atoms in total. The van der Waals surface area contributed by atoms with Gasteiger partial charge in [-0.3, -0.25) is 4.79 Å². The summed E-state index contributed by atoms with van der Waals surface area (Å²) in [5.41, 5.74) is 0.394. The predicted octanol–water partition coefficient (Wildman–Crippen LogP) is 3.86. The summed E-state index contributed by atoms with van der Waals surface area (Å²) in [6.45, 7) is 5.45. The molecule has 0 aliphatic heterocycles. The zero-order valence-corrected chi connectivity index (χ0v) is 20.5. The Hall–Kier alpha value is -2.59. The van der Waals surface area contributed by atoms with Crippen LogP contribution in [0, 0.1) is 0 Å². The Bertz CT molecular complexity index is 925. The van der Waals surface area contributed by atoms with Gasteiger partial charge in [-0.1, -0.05) is 30.3 Å². The van der Waals surface area contributed by atoms with Gasteiger partial charge in [0.05, 0.1) is 18.5 Å². The number of nitrogens with one attached hydrogen (secondary N) is 2. The average Bonchev–Trinajstić information content (AvgIpc) is 3.18. The molecule has 0 bridgehead atoms. The molecule has 2 N–H and O–H groups in total. The van der Waals surface area contributed by atoms with Crippen LogP contribution in [0.25, 0.3) is 10.4 Å². The molecule has 32 heavy (non-hydrogen) atoms. The third-order valence-corrected chi connectivity index (χ3v) is 5.86. The summed E-state index contributed by atoms with van der Waals surface area (Å²) in [5.74, 6) is -0.288. The Morgan fingerprint density at radius 2 is 1.88 bits per heavy atom. The van der Waals surface area contributed by atoms with Gasteiger partial charge in [0.2, 0.25) is 0 Å². The van der Waals surface area contributed by atoms with Crippen molar-refractivity contribution in [3.63, 3.8) is 0 Å². The predicted molar refractivity (Wildman–Crippen MR) is 127 cm³/mol. The molecule has 0 spiro atoms. The summed E-state index contributed by atoms with van der Waals surface area (Å²) in [7, 11) is 1.29. The van der Waals surface area contributed by atoms with Crippen molar-refractivity contribution < 1.29 is 23.9 Å². The van der Waals surface area contributed by atoms with E-state index in [1.54, 1.807) is 32.5 Å². The minimum atomic E-state index is -0.770. The largest absolute Gasteiger partial charge is 0.467 e. The van der Waals surface area contributed by atoms with E-state index in [9.17, 15) is 14.4 Å². The van der Waals surface area contributed by atoms with Crippen molar-refractivity contribution >= 4 is 41.1 Å². The van der Waals surface area contributed by atoms with Crippen LogP contribution < -0.4 is 10.6 Å². The number of ether oxygens (including phenoxy) is 2. The molecule has 0 aliphatic carbocycles. The first-order chi connectivity index (χ1) is 15.1. The zero-order chi connectivity index (χ0) is 23.7. The van der Waals surface area contributed by atoms with Gasteiger partial charge in [0.1, 0.15) is 22.3 Å².